The van der Waals surface area contributed by atoms with Crippen LogP contribution >= 0.6 is 0 Å². The lowest BCUT2D eigenvalue weighted by molar-refractivity contribution is -0.141. The molecule has 0 aliphatic carbocycles. The van der Waals surface area contributed by atoms with E-state index in [1.54, 1.807) is 19.1 Å². The van der Waals surface area contributed by atoms with Gasteiger partial charge in [0.25, 0.3) is 0 Å². The molecule has 142 valence electrons. The van der Waals surface area contributed by atoms with Gasteiger partial charge >= 0.3 is 0 Å². The van der Waals surface area contributed by atoms with Crippen LogP contribution in [0, 0.1) is 5.92 Å². The number of carbonyl (C=O) groups is 2. The number of anilines is 2. The SMILES string of the molecule is COC[C@@H]1[C@H](C(=O)Nc2ccc(N3CCOCC3)cc2)CCC(=O)N1C. The number of piperidine rings is 1. The monoisotopic (exact) mass is 361 g/mol. The maximum Gasteiger partial charge on any atom is 0.229 e. The fraction of sp³-hybridized carbons (Fsp3) is 0.579. The largest absolute Gasteiger partial charge is 0.383 e. The number of likely N-dealkylation sites (N-methyl/N-ethyl adjacent to an activating group) is 1. The Morgan fingerprint density at radius 3 is 2.62 bits per heavy atom. The molecular formula is C19H27N3O4. The van der Waals surface area contributed by atoms with Gasteiger partial charge in [-0.2, -0.15) is 0 Å². The van der Waals surface area contributed by atoms with Gasteiger partial charge < -0.3 is 24.6 Å². The normalized spacial score (nSPS) is 23.8. The summed E-state index contributed by atoms with van der Waals surface area (Å²) in [5.74, 6) is -0.270. The molecule has 0 bridgehead atoms. The van der Waals surface area contributed by atoms with Gasteiger partial charge in [-0.3, -0.25) is 9.59 Å². The fourth-order valence-corrected chi connectivity index (χ4v) is 3.62. The summed E-state index contributed by atoms with van der Waals surface area (Å²) in [5, 5.41) is 2.99. The highest BCUT2D eigenvalue weighted by Crippen LogP contribution is 2.26. The Morgan fingerprint density at radius 2 is 1.96 bits per heavy atom. The first kappa shape index (κ1) is 18.7. The number of nitrogens with zero attached hydrogens (tertiary/aromatic N) is 2. The lowest BCUT2D eigenvalue weighted by atomic mass is 9.88. The van der Waals surface area contributed by atoms with Crippen LogP contribution in [-0.2, 0) is 19.1 Å². The molecule has 0 saturated carbocycles. The minimum Gasteiger partial charge on any atom is -0.383 e. The predicted molar refractivity (Wildman–Crippen MR) is 99.3 cm³/mol. The fourth-order valence-electron chi connectivity index (χ4n) is 3.62. The van der Waals surface area contributed by atoms with Crippen LogP contribution in [0.2, 0.25) is 0 Å². The molecule has 7 nitrogen and oxygen atoms in total. The van der Waals surface area contributed by atoms with Crippen molar-refractivity contribution in [3.05, 3.63) is 24.3 Å². The molecule has 0 unspecified atom stereocenters. The summed E-state index contributed by atoms with van der Waals surface area (Å²) in [6, 6.07) is 7.65. The first-order valence-electron chi connectivity index (χ1n) is 9.08. The van der Waals surface area contributed by atoms with E-state index in [-0.39, 0.29) is 23.8 Å². The minimum atomic E-state index is -0.267. The van der Waals surface area contributed by atoms with Crippen molar-refractivity contribution in [2.45, 2.75) is 18.9 Å². The lowest BCUT2D eigenvalue weighted by Crippen LogP contribution is -2.52. The molecule has 3 rings (SSSR count). The van der Waals surface area contributed by atoms with E-state index in [2.05, 4.69) is 10.2 Å². The predicted octanol–water partition coefficient (Wildman–Crippen LogP) is 1.35. The molecule has 2 amide bonds. The van der Waals surface area contributed by atoms with Crippen molar-refractivity contribution in [1.29, 1.82) is 0 Å². The van der Waals surface area contributed by atoms with E-state index in [0.717, 1.165) is 37.7 Å². The summed E-state index contributed by atoms with van der Waals surface area (Å²) < 4.78 is 10.6. The van der Waals surface area contributed by atoms with Crippen LogP contribution in [0.1, 0.15) is 12.8 Å². The maximum atomic E-state index is 12.8. The van der Waals surface area contributed by atoms with Gasteiger partial charge in [-0.1, -0.05) is 0 Å². The van der Waals surface area contributed by atoms with Crippen molar-refractivity contribution in [2.75, 3.05) is 57.3 Å². The first-order valence-corrected chi connectivity index (χ1v) is 9.08. The molecular weight excluding hydrogens is 334 g/mol. The summed E-state index contributed by atoms with van der Waals surface area (Å²) in [6.45, 7) is 3.61. The Balaban J connectivity index is 1.63. The number of hydrogen-bond donors (Lipinski definition) is 1. The second-order valence-electron chi connectivity index (χ2n) is 6.81. The van der Waals surface area contributed by atoms with E-state index >= 15 is 0 Å². The van der Waals surface area contributed by atoms with E-state index in [4.69, 9.17) is 9.47 Å². The number of ether oxygens (including phenoxy) is 2. The molecule has 2 heterocycles. The van der Waals surface area contributed by atoms with Gasteiger partial charge in [0.15, 0.2) is 0 Å². The molecule has 2 saturated heterocycles. The smallest absolute Gasteiger partial charge is 0.229 e. The van der Waals surface area contributed by atoms with Crippen molar-refractivity contribution in [3.8, 4) is 0 Å². The van der Waals surface area contributed by atoms with E-state index in [9.17, 15) is 9.59 Å². The molecule has 1 aromatic carbocycles. The van der Waals surface area contributed by atoms with Crippen LogP contribution in [0.4, 0.5) is 11.4 Å². The molecule has 2 fully saturated rings. The highest BCUT2D eigenvalue weighted by atomic mass is 16.5. The number of likely N-dealkylation sites (tertiary alicyclic amines) is 1. The van der Waals surface area contributed by atoms with E-state index in [0.29, 0.717) is 19.4 Å². The number of rotatable bonds is 5. The minimum absolute atomic E-state index is 0.0611. The molecule has 0 aromatic heterocycles. The Bertz CT molecular complexity index is 628. The topological polar surface area (TPSA) is 71.1 Å². The molecule has 1 N–H and O–H groups in total. The number of carbonyl (C=O) groups excluding carboxylic acids is 2. The first-order chi connectivity index (χ1) is 12.6. The standard InChI is InChI=1S/C19H27N3O4/c1-21-17(13-25-2)16(7-8-18(21)23)19(24)20-14-3-5-15(6-4-14)22-9-11-26-12-10-22/h3-6,16-17H,7-13H2,1-2H3,(H,20,24)/t16-,17-/m1/s1. The highest BCUT2D eigenvalue weighted by Gasteiger charge is 2.37. The average Bonchev–Trinajstić information content (AvgIpc) is 2.67. The van der Waals surface area contributed by atoms with Crippen LogP contribution in [0.15, 0.2) is 24.3 Å². The van der Waals surface area contributed by atoms with Gasteiger partial charge in [0.05, 0.1) is 31.8 Å². The molecule has 7 heteroatoms. The van der Waals surface area contributed by atoms with Crippen LogP contribution in [0.25, 0.3) is 0 Å². The van der Waals surface area contributed by atoms with Crippen molar-refractivity contribution < 1.29 is 19.1 Å². The number of morpholine rings is 1. The second-order valence-corrected chi connectivity index (χ2v) is 6.81. The van der Waals surface area contributed by atoms with Crippen molar-refractivity contribution >= 4 is 23.2 Å². The van der Waals surface area contributed by atoms with E-state index in [1.807, 2.05) is 24.3 Å². The van der Waals surface area contributed by atoms with Crippen molar-refractivity contribution in [1.82, 2.24) is 4.90 Å². The summed E-state index contributed by atoms with van der Waals surface area (Å²) in [7, 11) is 3.33. The van der Waals surface area contributed by atoms with Gasteiger partial charge in [-0.15, -0.1) is 0 Å². The van der Waals surface area contributed by atoms with E-state index in [1.165, 1.54) is 0 Å². The zero-order valence-electron chi connectivity index (χ0n) is 15.4. The second kappa shape index (κ2) is 8.51. The number of methoxy groups -OCH3 is 1. The zero-order chi connectivity index (χ0) is 18.5. The zero-order valence-corrected chi connectivity index (χ0v) is 15.4. The molecule has 2 aliphatic heterocycles. The van der Waals surface area contributed by atoms with Crippen LogP contribution in [-0.4, -0.2) is 69.8 Å². The summed E-state index contributed by atoms with van der Waals surface area (Å²) in [6.07, 6.45) is 0.944. The molecule has 1 aromatic rings. The van der Waals surface area contributed by atoms with Crippen LogP contribution in [0.5, 0.6) is 0 Å². The van der Waals surface area contributed by atoms with Gasteiger partial charge in [0, 0.05) is 45.0 Å². The highest BCUT2D eigenvalue weighted by molar-refractivity contribution is 5.94. The maximum absolute atomic E-state index is 12.8. The summed E-state index contributed by atoms with van der Waals surface area (Å²) >= 11 is 0. The van der Waals surface area contributed by atoms with Crippen molar-refractivity contribution in [3.63, 3.8) is 0 Å². The third kappa shape index (κ3) is 4.16. The summed E-state index contributed by atoms with van der Waals surface area (Å²) in [4.78, 5) is 28.6. The quantitative estimate of drug-likeness (QED) is 0.857. The lowest BCUT2D eigenvalue weighted by Gasteiger charge is -2.37. The summed E-state index contributed by atoms with van der Waals surface area (Å²) in [5.41, 5.74) is 1.90. The van der Waals surface area contributed by atoms with Gasteiger partial charge in [0.2, 0.25) is 11.8 Å². The molecule has 2 atom stereocenters. The molecule has 2 aliphatic rings. The Hall–Kier alpha value is -2.12. The average molecular weight is 361 g/mol. The molecule has 0 spiro atoms. The number of benzene rings is 1. The Morgan fingerprint density at radius 1 is 1.27 bits per heavy atom. The number of amides is 2. The third-order valence-corrected chi connectivity index (χ3v) is 5.21. The van der Waals surface area contributed by atoms with E-state index < -0.39 is 0 Å². The number of hydrogen-bond acceptors (Lipinski definition) is 5. The van der Waals surface area contributed by atoms with Gasteiger partial charge in [-0.25, -0.2) is 0 Å². The Kier molecular flexibility index (Phi) is 6.11. The Labute approximate surface area is 154 Å². The third-order valence-electron chi connectivity index (χ3n) is 5.21. The number of nitrogens with one attached hydrogen (secondary N) is 1. The van der Waals surface area contributed by atoms with Crippen molar-refractivity contribution in [2.24, 2.45) is 5.92 Å². The molecule has 26 heavy (non-hydrogen) atoms. The van der Waals surface area contributed by atoms with Gasteiger partial charge in [0.1, 0.15) is 0 Å². The van der Waals surface area contributed by atoms with Gasteiger partial charge in [-0.05, 0) is 30.7 Å². The van der Waals surface area contributed by atoms with Crippen LogP contribution in [0.3, 0.4) is 0 Å². The molecule has 0 radical (unpaired) electrons. The van der Waals surface area contributed by atoms with Crippen LogP contribution < -0.4 is 10.2 Å².